The molecule has 1 aliphatic rings. The number of amides is 2. The molecule has 5 rings (SSSR count). The normalized spacial score (nSPS) is 14.5. The molecule has 9 nitrogen and oxygen atoms in total. The van der Waals surface area contributed by atoms with Crippen LogP contribution in [0.4, 0.5) is 19.0 Å². The Morgan fingerprint density at radius 2 is 2.03 bits per heavy atom. The van der Waals surface area contributed by atoms with Gasteiger partial charge in [-0.1, -0.05) is 0 Å². The lowest BCUT2D eigenvalue weighted by Gasteiger charge is -2.18. The molecule has 1 atom stereocenters. The first-order valence-electron chi connectivity index (χ1n) is 10.2. The Balaban J connectivity index is 1.35. The summed E-state index contributed by atoms with van der Waals surface area (Å²) in [5.41, 5.74) is 0.670. The van der Waals surface area contributed by atoms with Gasteiger partial charge in [0, 0.05) is 18.2 Å². The molecule has 0 bridgehead atoms. The van der Waals surface area contributed by atoms with Gasteiger partial charge in [-0.3, -0.25) is 9.59 Å². The van der Waals surface area contributed by atoms with E-state index in [9.17, 15) is 22.8 Å². The molecule has 0 fully saturated rings. The number of aromatic nitrogens is 5. The van der Waals surface area contributed by atoms with Crippen molar-refractivity contribution in [2.45, 2.75) is 32.0 Å². The van der Waals surface area contributed by atoms with Gasteiger partial charge in [-0.2, -0.15) is 13.2 Å². The SMILES string of the molecule is C[C@@H](NC(=O)c1ncnc2c1CCC(=O)N2)c1ncc(-c2nc3ccc(C(F)(F)F)cc3[nH]2)s1. The third-order valence-electron chi connectivity index (χ3n) is 5.30. The Morgan fingerprint density at radius 1 is 1.21 bits per heavy atom. The molecule has 0 aliphatic carbocycles. The number of H-pyrrole nitrogens is 1. The Labute approximate surface area is 193 Å². The van der Waals surface area contributed by atoms with Crippen LogP contribution < -0.4 is 10.6 Å². The Bertz CT molecular complexity index is 1430. The maximum Gasteiger partial charge on any atom is 0.416 e. The van der Waals surface area contributed by atoms with E-state index < -0.39 is 23.7 Å². The summed E-state index contributed by atoms with van der Waals surface area (Å²) >= 11 is 1.25. The van der Waals surface area contributed by atoms with Crippen LogP contribution in [0.1, 0.15) is 46.0 Å². The van der Waals surface area contributed by atoms with Crippen LogP contribution >= 0.6 is 11.3 Å². The van der Waals surface area contributed by atoms with Gasteiger partial charge >= 0.3 is 6.18 Å². The average Bonchev–Trinajstić information content (AvgIpc) is 3.44. The van der Waals surface area contributed by atoms with Gasteiger partial charge in [0.15, 0.2) is 0 Å². The molecule has 0 unspecified atom stereocenters. The fourth-order valence-electron chi connectivity index (χ4n) is 3.61. The molecule has 0 saturated heterocycles. The van der Waals surface area contributed by atoms with Gasteiger partial charge in [0.1, 0.15) is 28.7 Å². The van der Waals surface area contributed by atoms with Crippen molar-refractivity contribution in [3.63, 3.8) is 0 Å². The molecule has 174 valence electrons. The smallest absolute Gasteiger partial charge is 0.342 e. The number of nitrogens with one attached hydrogen (secondary N) is 3. The van der Waals surface area contributed by atoms with Crippen LogP contribution in [0.3, 0.4) is 0 Å². The molecule has 0 saturated carbocycles. The van der Waals surface area contributed by atoms with E-state index in [1.54, 1.807) is 13.1 Å². The fraction of sp³-hybridized carbons (Fsp3) is 0.238. The van der Waals surface area contributed by atoms with E-state index in [1.165, 1.54) is 23.7 Å². The summed E-state index contributed by atoms with van der Waals surface area (Å²) in [5, 5.41) is 6.05. The van der Waals surface area contributed by atoms with E-state index in [2.05, 4.69) is 35.6 Å². The topological polar surface area (TPSA) is 126 Å². The number of nitrogens with zero attached hydrogens (tertiary/aromatic N) is 4. The van der Waals surface area contributed by atoms with Crippen LogP contribution in [0, 0.1) is 0 Å². The molecule has 13 heteroatoms. The third kappa shape index (κ3) is 4.09. The first kappa shape index (κ1) is 21.9. The Hall–Kier alpha value is -3.87. The number of alkyl halides is 3. The lowest BCUT2D eigenvalue weighted by molar-refractivity contribution is -0.137. The van der Waals surface area contributed by atoms with Crippen molar-refractivity contribution in [1.29, 1.82) is 0 Å². The summed E-state index contributed by atoms with van der Waals surface area (Å²) in [6, 6.07) is 2.84. The summed E-state index contributed by atoms with van der Waals surface area (Å²) < 4.78 is 38.9. The van der Waals surface area contributed by atoms with E-state index in [0.29, 0.717) is 39.0 Å². The second kappa shape index (κ2) is 8.17. The molecular formula is C21H16F3N7O2S. The minimum Gasteiger partial charge on any atom is -0.342 e. The number of aromatic amines is 1. The predicted molar refractivity (Wildman–Crippen MR) is 117 cm³/mol. The van der Waals surface area contributed by atoms with Crippen LogP contribution in [-0.2, 0) is 17.4 Å². The minimum absolute atomic E-state index is 0.165. The molecular weight excluding hydrogens is 471 g/mol. The molecule has 2 amide bonds. The van der Waals surface area contributed by atoms with Crippen LogP contribution in [0.2, 0.25) is 0 Å². The van der Waals surface area contributed by atoms with Crippen molar-refractivity contribution in [3.05, 3.63) is 52.6 Å². The molecule has 0 spiro atoms. The molecule has 34 heavy (non-hydrogen) atoms. The maximum absolute atomic E-state index is 13.0. The summed E-state index contributed by atoms with van der Waals surface area (Å²) in [4.78, 5) is 44.7. The highest BCUT2D eigenvalue weighted by molar-refractivity contribution is 7.15. The number of benzene rings is 1. The van der Waals surface area contributed by atoms with Crippen molar-refractivity contribution in [3.8, 4) is 10.7 Å². The molecule has 3 N–H and O–H groups in total. The number of fused-ring (bicyclic) bond motifs is 2. The number of imidazole rings is 1. The number of hydrogen-bond acceptors (Lipinski definition) is 7. The van der Waals surface area contributed by atoms with Crippen molar-refractivity contribution in [2.24, 2.45) is 0 Å². The van der Waals surface area contributed by atoms with Crippen molar-refractivity contribution in [1.82, 2.24) is 30.2 Å². The highest BCUT2D eigenvalue weighted by Gasteiger charge is 2.31. The Morgan fingerprint density at radius 3 is 2.82 bits per heavy atom. The van der Waals surface area contributed by atoms with Crippen molar-refractivity contribution >= 4 is 40.0 Å². The average molecular weight is 487 g/mol. The highest BCUT2D eigenvalue weighted by atomic mass is 32.1. The summed E-state index contributed by atoms with van der Waals surface area (Å²) in [6.07, 6.45) is -1.07. The quantitative estimate of drug-likeness (QED) is 0.401. The first-order chi connectivity index (χ1) is 16.2. The second-order valence-corrected chi connectivity index (χ2v) is 8.73. The summed E-state index contributed by atoms with van der Waals surface area (Å²) in [6.45, 7) is 1.75. The largest absolute Gasteiger partial charge is 0.416 e. The lowest BCUT2D eigenvalue weighted by atomic mass is 10.0. The standard InChI is InChI=1S/C21H16F3N7O2S/c1-9(28-19(33)16-11-3-5-15(32)31-17(11)27-8-26-16)20-25-7-14(34-20)18-29-12-4-2-10(21(22,23)24)6-13(12)30-18/h2,4,6-9H,3,5H2,1H3,(H,28,33)(H,29,30)(H,26,27,31,32)/t9-/m1/s1. The minimum atomic E-state index is -4.45. The number of carbonyl (C=O) groups is 2. The van der Waals surface area contributed by atoms with Gasteiger partial charge in [0.25, 0.3) is 5.91 Å². The van der Waals surface area contributed by atoms with E-state index in [1.807, 2.05) is 0 Å². The number of rotatable bonds is 4. The van der Waals surface area contributed by atoms with Gasteiger partial charge in [-0.15, -0.1) is 11.3 Å². The van der Waals surface area contributed by atoms with Gasteiger partial charge in [-0.05, 0) is 31.5 Å². The van der Waals surface area contributed by atoms with Crippen molar-refractivity contribution < 1.29 is 22.8 Å². The molecule has 3 aromatic heterocycles. The Kier molecular flexibility index (Phi) is 5.27. The number of anilines is 1. The first-order valence-corrected chi connectivity index (χ1v) is 11.0. The zero-order valence-corrected chi connectivity index (χ0v) is 18.3. The molecule has 4 aromatic rings. The van der Waals surface area contributed by atoms with Crippen LogP contribution in [-0.4, -0.2) is 36.7 Å². The number of carbonyl (C=O) groups excluding carboxylic acids is 2. The maximum atomic E-state index is 13.0. The monoisotopic (exact) mass is 487 g/mol. The van der Waals surface area contributed by atoms with Crippen LogP contribution in [0.15, 0.2) is 30.7 Å². The number of halogens is 3. The fourth-order valence-corrected chi connectivity index (χ4v) is 4.48. The second-order valence-electron chi connectivity index (χ2n) is 7.67. The van der Waals surface area contributed by atoms with E-state index in [4.69, 9.17) is 0 Å². The van der Waals surface area contributed by atoms with Gasteiger partial charge < -0.3 is 15.6 Å². The molecule has 4 heterocycles. The molecule has 1 aliphatic heterocycles. The highest BCUT2D eigenvalue weighted by Crippen LogP contribution is 2.33. The third-order valence-corrected chi connectivity index (χ3v) is 6.49. The van der Waals surface area contributed by atoms with E-state index in [-0.39, 0.29) is 23.5 Å². The summed E-state index contributed by atoms with van der Waals surface area (Å²) in [7, 11) is 0. The summed E-state index contributed by atoms with van der Waals surface area (Å²) in [5.74, 6) is 0.125. The van der Waals surface area contributed by atoms with Gasteiger partial charge in [0.2, 0.25) is 5.91 Å². The van der Waals surface area contributed by atoms with Crippen LogP contribution in [0.5, 0.6) is 0 Å². The number of thiazole rings is 1. The predicted octanol–water partition coefficient (Wildman–Crippen LogP) is 3.87. The van der Waals surface area contributed by atoms with Crippen molar-refractivity contribution in [2.75, 3.05) is 5.32 Å². The molecule has 1 aromatic carbocycles. The van der Waals surface area contributed by atoms with E-state index >= 15 is 0 Å². The van der Waals surface area contributed by atoms with Gasteiger partial charge in [-0.25, -0.2) is 19.9 Å². The molecule has 0 radical (unpaired) electrons. The van der Waals surface area contributed by atoms with Crippen LogP contribution in [0.25, 0.3) is 21.7 Å². The number of hydrogen-bond donors (Lipinski definition) is 3. The zero-order valence-electron chi connectivity index (χ0n) is 17.5. The lowest BCUT2D eigenvalue weighted by Crippen LogP contribution is -2.30. The zero-order chi connectivity index (χ0) is 24.0. The van der Waals surface area contributed by atoms with Gasteiger partial charge in [0.05, 0.1) is 27.5 Å². The van der Waals surface area contributed by atoms with E-state index in [0.717, 1.165) is 12.1 Å².